The van der Waals surface area contributed by atoms with E-state index < -0.39 is 0 Å². The summed E-state index contributed by atoms with van der Waals surface area (Å²) in [6, 6.07) is 14.9. The first-order chi connectivity index (χ1) is 14.6. The van der Waals surface area contributed by atoms with Crippen LogP contribution in [-0.2, 0) is 4.79 Å². The fourth-order valence-corrected chi connectivity index (χ4v) is 3.81. The number of likely N-dealkylation sites (tertiary alicyclic amines) is 1. The van der Waals surface area contributed by atoms with E-state index in [0.717, 1.165) is 22.7 Å². The van der Waals surface area contributed by atoms with Gasteiger partial charge in [-0.05, 0) is 49.6 Å². The minimum absolute atomic E-state index is 0.0282. The molecule has 7 nitrogen and oxygen atoms in total. The smallest absolute Gasteiger partial charge is 0.321 e. The number of rotatable bonds is 4. The van der Waals surface area contributed by atoms with E-state index in [4.69, 9.17) is 9.47 Å². The minimum atomic E-state index is -0.132. The number of nitrogens with zero attached hydrogens (tertiary/aromatic N) is 1. The maximum atomic E-state index is 12.8. The quantitative estimate of drug-likeness (QED) is 0.809. The summed E-state index contributed by atoms with van der Waals surface area (Å²) in [5.74, 6) is 1.40. The second-order valence-electron chi connectivity index (χ2n) is 7.69. The van der Waals surface area contributed by atoms with Crippen molar-refractivity contribution in [1.29, 1.82) is 0 Å². The van der Waals surface area contributed by atoms with Gasteiger partial charge in [-0.2, -0.15) is 0 Å². The van der Waals surface area contributed by atoms with Crippen molar-refractivity contribution in [3.05, 3.63) is 54.1 Å². The standard InChI is InChI=1S/C23H27N3O4/c1-16(18-7-8-20-21(15-18)30-14-13-29-20)24-22(27)17-9-11-26(12-10-17)23(28)25-19-5-3-2-4-6-19/h2-8,15-17H,9-14H2,1H3,(H,24,27)(H,25,28)/t16-/m0/s1. The zero-order valence-electron chi connectivity index (χ0n) is 17.1. The van der Waals surface area contributed by atoms with Gasteiger partial charge in [0.15, 0.2) is 11.5 Å². The van der Waals surface area contributed by atoms with E-state index in [1.165, 1.54) is 0 Å². The third-order valence-corrected chi connectivity index (χ3v) is 5.60. The molecule has 0 bridgehead atoms. The number of carbonyl (C=O) groups excluding carboxylic acids is 2. The van der Waals surface area contributed by atoms with Gasteiger partial charge in [-0.25, -0.2) is 4.79 Å². The molecule has 0 unspecified atom stereocenters. The lowest BCUT2D eigenvalue weighted by atomic mass is 9.95. The van der Waals surface area contributed by atoms with Crippen LogP contribution in [0, 0.1) is 5.92 Å². The Kier molecular flexibility index (Phi) is 6.07. The molecule has 0 aliphatic carbocycles. The number of amides is 3. The average Bonchev–Trinajstić information content (AvgIpc) is 2.79. The fourth-order valence-electron chi connectivity index (χ4n) is 3.81. The van der Waals surface area contributed by atoms with Gasteiger partial charge in [0.05, 0.1) is 6.04 Å². The molecule has 2 aromatic carbocycles. The predicted octanol–water partition coefficient (Wildman–Crippen LogP) is 3.58. The predicted molar refractivity (Wildman–Crippen MR) is 114 cm³/mol. The highest BCUT2D eigenvalue weighted by atomic mass is 16.6. The number of carbonyl (C=O) groups is 2. The number of hydrogen-bond donors (Lipinski definition) is 2. The Bertz CT molecular complexity index is 895. The highest BCUT2D eigenvalue weighted by Gasteiger charge is 2.28. The third-order valence-electron chi connectivity index (χ3n) is 5.60. The van der Waals surface area contributed by atoms with Crippen LogP contribution in [0.4, 0.5) is 10.5 Å². The summed E-state index contributed by atoms with van der Waals surface area (Å²) in [4.78, 5) is 26.9. The molecule has 2 aliphatic heterocycles. The largest absolute Gasteiger partial charge is 0.486 e. The Morgan fingerprint density at radius 2 is 1.70 bits per heavy atom. The summed E-state index contributed by atoms with van der Waals surface area (Å²) in [7, 11) is 0. The molecule has 1 saturated heterocycles. The number of benzene rings is 2. The van der Waals surface area contributed by atoms with Crippen LogP contribution in [0.5, 0.6) is 11.5 Å². The van der Waals surface area contributed by atoms with E-state index in [0.29, 0.717) is 39.1 Å². The van der Waals surface area contributed by atoms with E-state index in [2.05, 4.69) is 10.6 Å². The van der Waals surface area contributed by atoms with Gasteiger partial charge in [0.25, 0.3) is 0 Å². The number of anilines is 1. The second kappa shape index (κ2) is 9.07. The highest BCUT2D eigenvalue weighted by Crippen LogP contribution is 2.32. The monoisotopic (exact) mass is 409 g/mol. The van der Waals surface area contributed by atoms with Crippen LogP contribution in [0.1, 0.15) is 31.4 Å². The van der Waals surface area contributed by atoms with Gasteiger partial charge in [-0.3, -0.25) is 4.79 Å². The van der Waals surface area contributed by atoms with E-state index in [1.807, 2.05) is 55.5 Å². The van der Waals surface area contributed by atoms with Gasteiger partial charge in [-0.15, -0.1) is 0 Å². The van der Waals surface area contributed by atoms with Crippen LogP contribution in [-0.4, -0.2) is 43.1 Å². The van der Waals surface area contributed by atoms with Crippen molar-refractivity contribution < 1.29 is 19.1 Å². The van der Waals surface area contributed by atoms with Crippen LogP contribution in [0.25, 0.3) is 0 Å². The molecule has 4 rings (SSSR count). The van der Waals surface area contributed by atoms with E-state index in [9.17, 15) is 9.59 Å². The van der Waals surface area contributed by atoms with Crippen molar-refractivity contribution in [3.8, 4) is 11.5 Å². The van der Waals surface area contributed by atoms with Crippen molar-refractivity contribution >= 4 is 17.6 Å². The molecular formula is C23H27N3O4. The van der Waals surface area contributed by atoms with Gasteiger partial charge in [0.2, 0.25) is 5.91 Å². The van der Waals surface area contributed by atoms with Crippen LogP contribution < -0.4 is 20.1 Å². The number of piperidine rings is 1. The minimum Gasteiger partial charge on any atom is -0.486 e. The molecule has 2 aromatic rings. The van der Waals surface area contributed by atoms with Crippen molar-refractivity contribution in [2.45, 2.75) is 25.8 Å². The van der Waals surface area contributed by atoms with Crippen molar-refractivity contribution in [1.82, 2.24) is 10.2 Å². The molecule has 2 heterocycles. The van der Waals surface area contributed by atoms with E-state index in [1.54, 1.807) is 4.90 Å². The first-order valence-electron chi connectivity index (χ1n) is 10.4. The topological polar surface area (TPSA) is 79.9 Å². The first kappa shape index (κ1) is 20.1. The maximum Gasteiger partial charge on any atom is 0.321 e. The number of hydrogen-bond acceptors (Lipinski definition) is 4. The molecule has 2 aliphatic rings. The molecular weight excluding hydrogens is 382 g/mol. The number of fused-ring (bicyclic) bond motifs is 1. The SMILES string of the molecule is C[C@H](NC(=O)C1CCN(C(=O)Nc2ccccc2)CC1)c1ccc2c(c1)OCCO2. The van der Waals surface area contributed by atoms with Gasteiger partial charge in [-0.1, -0.05) is 24.3 Å². The Morgan fingerprint density at radius 1 is 1.00 bits per heavy atom. The Morgan fingerprint density at radius 3 is 2.43 bits per heavy atom. The zero-order valence-corrected chi connectivity index (χ0v) is 17.1. The summed E-state index contributed by atoms with van der Waals surface area (Å²) in [5, 5.41) is 6.00. The van der Waals surface area contributed by atoms with E-state index >= 15 is 0 Å². The van der Waals surface area contributed by atoms with Crippen LogP contribution in [0.2, 0.25) is 0 Å². The lowest BCUT2D eigenvalue weighted by molar-refractivity contribution is -0.126. The van der Waals surface area contributed by atoms with Crippen LogP contribution >= 0.6 is 0 Å². The molecule has 2 N–H and O–H groups in total. The van der Waals surface area contributed by atoms with Crippen molar-refractivity contribution in [3.63, 3.8) is 0 Å². The van der Waals surface area contributed by atoms with Gasteiger partial charge in [0, 0.05) is 24.7 Å². The lowest BCUT2D eigenvalue weighted by Gasteiger charge is -2.32. The molecule has 3 amide bonds. The maximum absolute atomic E-state index is 12.8. The Hall–Kier alpha value is -3.22. The number of nitrogens with one attached hydrogen (secondary N) is 2. The summed E-state index contributed by atoms with van der Waals surface area (Å²) >= 11 is 0. The first-order valence-corrected chi connectivity index (χ1v) is 10.4. The third kappa shape index (κ3) is 4.67. The molecule has 158 valence electrons. The van der Waals surface area contributed by atoms with Gasteiger partial charge >= 0.3 is 6.03 Å². The Labute approximate surface area is 176 Å². The van der Waals surface area contributed by atoms with Crippen LogP contribution in [0.3, 0.4) is 0 Å². The average molecular weight is 409 g/mol. The molecule has 30 heavy (non-hydrogen) atoms. The Balaban J connectivity index is 1.27. The highest BCUT2D eigenvalue weighted by molar-refractivity contribution is 5.89. The van der Waals surface area contributed by atoms with Crippen LogP contribution in [0.15, 0.2) is 48.5 Å². The molecule has 7 heteroatoms. The lowest BCUT2D eigenvalue weighted by Crippen LogP contribution is -2.44. The van der Waals surface area contributed by atoms with Crippen molar-refractivity contribution in [2.24, 2.45) is 5.92 Å². The number of urea groups is 1. The van der Waals surface area contributed by atoms with E-state index in [-0.39, 0.29) is 23.9 Å². The molecule has 0 radical (unpaired) electrons. The summed E-state index contributed by atoms with van der Waals surface area (Å²) in [6.45, 7) is 4.18. The van der Waals surface area contributed by atoms with Crippen molar-refractivity contribution in [2.75, 3.05) is 31.6 Å². The summed E-state index contributed by atoms with van der Waals surface area (Å²) in [5.41, 5.74) is 1.75. The molecule has 1 atom stereocenters. The molecule has 0 aromatic heterocycles. The summed E-state index contributed by atoms with van der Waals surface area (Å²) < 4.78 is 11.2. The number of para-hydroxylation sites is 1. The normalized spacial score (nSPS) is 17.2. The molecule has 0 spiro atoms. The second-order valence-corrected chi connectivity index (χ2v) is 7.69. The van der Waals surface area contributed by atoms with Gasteiger partial charge in [0.1, 0.15) is 13.2 Å². The molecule has 0 saturated carbocycles. The molecule has 1 fully saturated rings. The zero-order chi connectivity index (χ0) is 20.9. The number of ether oxygens (including phenoxy) is 2. The summed E-state index contributed by atoms with van der Waals surface area (Å²) in [6.07, 6.45) is 1.31. The van der Waals surface area contributed by atoms with Gasteiger partial charge < -0.3 is 25.0 Å². The fraction of sp³-hybridized carbons (Fsp3) is 0.391.